The van der Waals surface area contributed by atoms with Crippen molar-refractivity contribution in [3.63, 3.8) is 0 Å². The Balaban J connectivity index is 2.19. The molecule has 0 fully saturated rings. The zero-order valence-corrected chi connectivity index (χ0v) is 15.2. The van der Waals surface area contributed by atoms with Crippen LogP contribution in [0.3, 0.4) is 0 Å². The molecule has 2 aromatic rings. The lowest BCUT2D eigenvalue weighted by Gasteiger charge is -2.15. The Morgan fingerprint density at radius 3 is 2.46 bits per heavy atom. The number of esters is 1. The summed E-state index contributed by atoms with van der Waals surface area (Å²) in [6.45, 7) is 7.54. The second-order valence-electron chi connectivity index (χ2n) is 5.98. The number of benzene rings is 2. The van der Waals surface area contributed by atoms with Crippen LogP contribution in [-0.4, -0.2) is 17.1 Å². The van der Waals surface area contributed by atoms with Crippen molar-refractivity contribution in [1.29, 1.82) is 0 Å². The fourth-order valence-electron chi connectivity index (χ4n) is 2.67. The number of hydrogen-bond donors (Lipinski definition) is 1. The maximum Gasteiger partial charge on any atom is 0.302 e. The number of nitro groups is 1. The van der Waals surface area contributed by atoms with Gasteiger partial charge in [0.1, 0.15) is 6.61 Å². The summed E-state index contributed by atoms with van der Waals surface area (Å²) in [7, 11) is 0. The van der Waals surface area contributed by atoms with E-state index in [1.54, 1.807) is 18.3 Å². The zero-order valence-electron chi connectivity index (χ0n) is 15.2. The molecule has 0 radical (unpaired) electrons. The third kappa shape index (κ3) is 4.66. The predicted octanol–water partition coefficient (Wildman–Crippen LogP) is 4.03. The average Bonchev–Trinajstić information content (AvgIpc) is 2.57. The molecule has 0 aromatic heterocycles. The van der Waals surface area contributed by atoms with Gasteiger partial charge in [0, 0.05) is 24.6 Å². The van der Waals surface area contributed by atoms with Gasteiger partial charge in [-0.05, 0) is 55.2 Å². The fraction of sp³-hybridized carbons (Fsp3) is 0.263. The lowest BCUT2D eigenvalue weighted by molar-refractivity contribution is -0.384. The topological polar surface area (TPSA) is 93.8 Å². The number of aryl methyl sites for hydroxylation is 2. The quantitative estimate of drug-likeness (QED) is 0.365. The van der Waals surface area contributed by atoms with Gasteiger partial charge >= 0.3 is 5.97 Å². The van der Waals surface area contributed by atoms with E-state index in [1.165, 1.54) is 19.1 Å². The second kappa shape index (κ2) is 8.24. The van der Waals surface area contributed by atoms with Crippen molar-refractivity contribution in [1.82, 2.24) is 0 Å². The van der Waals surface area contributed by atoms with E-state index in [1.807, 2.05) is 26.8 Å². The molecule has 0 amide bonds. The molecule has 0 saturated heterocycles. The minimum Gasteiger partial charge on any atom is -0.461 e. The van der Waals surface area contributed by atoms with Gasteiger partial charge in [-0.25, -0.2) is 0 Å². The van der Waals surface area contributed by atoms with Gasteiger partial charge in [0.05, 0.1) is 16.8 Å². The number of hydrazone groups is 1. The minimum atomic E-state index is -0.448. The molecule has 0 atom stereocenters. The maximum atomic E-state index is 11.1. The van der Waals surface area contributed by atoms with Crippen molar-refractivity contribution < 1.29 is 14.5 Å². The van der Waals surface area contributed by atoms with Gasteiger partial charge in [0.15, 0.2) is 0 Å². The second-order valence-corrected chi connectivity index (χ2v) is 5.98. The number of ether oxygens (including phenoxy) is 1. The molecule has 2 aromatic carbocycles. The Morgan fingerprint density at radius 1 is 1.23 bits per heavy atom. The average molecular weight is 355 g/mol. The standard InChI is InChI=1S/C19H21N3O4/c1-12-9-13(2)19(11-26-15(4)23)14(3)18(12)10-20-21-16-5-7-17(8-6-16)22(24)25/h5-10,21H,11H2,1-4H3/b20-10+. The summed E-state index contributed by atoms with van der Waals surface area (Å²) in [4.78, 5) is 21.3. The first kappa shape index (κ1) is 19.1. The van der Waals surface area contributed by atoms with Gasteiger partial charge < -0.3 is 4.74 Å². The van der Waals surface area contributed by atoms with Gasteiger partial charge in [-0.15, -0.1) is 0 Å². The van der Waals surface area contributed by atoms with Crippen molar-refractivity contribution in [3.8, 4) is 0 Å². The molecule has 7 heteroatoms. The highest BCUT2D eigenvalue weighted by Crippen LogP contribution is 2.22. The first-order valence-corrected chi connectivity index (χ1v) is 8.06. The molecule has 136 valence electrons. The molecule has 0 unspecified atom stereocenters. The van der Waals surface area contributed by atoms with Crippen LogP contribution < -0.4 is 5.43 Å². The highest BCUT2D eigenvalue weighted by Gasteiger charge is 2.11. The molecule has 7 nitrogen and oxygen atoms in total. The van der Waals surface area contributed by atoms with Crippen molar-refractivity contribution >= 4 is 23.6 Å². The molecule has 0 spiro atoms. The van der Waals surface area contributed by atoms with E-state index in [0.29, 0.717) is 5.69 Å². The monoisotopic (exact) mass is 355 g/mol. The van der Waals surface area contributed by atoms with Gasteiger partial charge in [-0.1, -0.05) is 6.07 Å². The Bertz CT molecular complexity index is 858. The molecular weight excluding hydrogens is 334 g/mol. The lowest BCUT2D eigenvalue weighted by atomic mass is 9.94. The third-order valence-corrected chi connectivity index (χ3v) is 4.08. The normalized spacial score (nSPS) is 10.8. The van der Waals surface area contributed by atoms with Crippen molar-refractivity contribution in [2.75, 3.05) is 5.43 Å². The predicted molar refractivity (Wildman–Crippen MR) is 100 cm³/mol. The Kier molecular flexibility index (Phi) is 6.06. The summed E-state index contributed by atoms with van der Waals surface area (Å²) in [6.07, 6.45) is 1.70. The molecule has 0 saturated carbocycles. The van der Waals surface area contributed by atoms with Crippen LogP contribution in [0, 0.1) is 30.9 Å². The smallest absolute Gasteiger partial charge is 0.302 e. The van der Waals surface area contributed by atoms with Gasteiger partial charge in [-0.2, -0.15) is 5.10 Å². The molecule has 0 heterocycles. The van der Waals surface area contributed by atoms with Crippen LogP contribution in [0.4, 0.5) is 11.4 Å². The van der Waals surface area contributed by atoms with E-state index >= 15 is 0 Å². The van der Waals surface area contributed by atoms with Crippen molar-refractivity contribution in [3.05, 3.63) is 68.3 Å². The first-order valence-electron chi connectivity index (χ1n) is 8.06. The number of nitro benzene ring substituents is 1. The summed E-state index contributed by atoms with van der Waals surface area (Å²) in [6, 6.07) is 8.04. The molecule has 2 rings (SSSR count). The van der Waals surface area contributed by atoms with Crippen LogP contribution >= 0.6 is 0 Å². The van der Waals surface area contributed by atoms with Crippen LogP contribution in [0.25, 0.3) is 0 Å². The first-order chi connectivity index (χ1) is 12.3. The molecule has 0 bridgehead atoms. The number of nitrogens with one attached hydrogen (secondary N) is 1. The van der Waals surface area contributed by atoms with Crippen LogP contribution in [0.5, 0.6) is 0 Å². The largest absolute Gasteiger partial charge is 0.461 e. The number of rotatable bonds is 6. The van der Waals surface area contributed by atoms with E-state index in [0.717, 1.165) is 27.8 Å². The van der Waals surface area contributed by atoms with E-state index in [2.05, 4.69) is 10.5 Å². The maximum absolute atomic E-state index is 11.1. The van der Waals surface area contributed by atoms with E-state index in [-0.39, 0.29) is 18.3 Å². The molecule has 0 aliphatic rings. The van der Waals surface area contributed by atoms with Crippen LogP contribution in [0.15, 0.2) is 35.4 Å². The lowest BCUT2D eigenvalue weighted by Crippen LogP contribution is -2.06. The summed E-state index contributed by atoms with van der Waals surface area (Å²) in [5.74, 6) is -0.320. The summed E-state index contributed by atoms with van der Waals surface area (Å²) in [5, 5.41) is 14.9. The van der Waals surface area contributed by atoms with Crippen LogP contribution in [0.2, 0.25) is 0 Å². The summed E-state index contributed by atoms with van der Waals surface area (Å²) in [5.41, 5.74) is 8.54. The van der Waals surface area contributed by atoms with Crippen LogP contribution in [0.1, 0.15) is 34.7 Å². The van der Waals surface area contributed by atoms with Gasteiger partial charge in [0.25, 0.3) is 5.69 Å². The summed E-state index contributed by atoms with van der Waals surface area (Å²) >= 11 is 0. The molecule has 26 heavy (non-hydrogen) atoms. The van der Waals surface area contributed by atoms with E-state index in [9.17, 15) is 14.9 Å². The zero-order chi connectivity index (χ0) is 19.3. The molecule has 1 N–H and O–H groups in total. The third-order valence-electron chi connectivity index (χ3n) is 4.08. The number of hydrogen-bond acceptors (Lipinski definition) is 6. The van der Waals surface area contributed by atoms with Crippen LogP contribution in [-0.2, 0) is 16.1 Å². The fourth-order valence-corrected chi connectivity index (χ4v) is 2.67. The Hall–Kier alpha value is -3.22. The Labute approximate surface area is 151 Å². The molecular formula is C19H21N3O4. The van der Waals surface area contributed by atoms with E-state index < -0.39 is 4.92 Å². The molecule has 0 aliphatic heterocycles. The van der Waals surface area contributed by atoms with Crippen molar-refractivity contribution in [2.45, 2.75) is 34.3 Å². The number of non-ortho nitro benzene ring substituents is 1. The number of carbonyl (C=O) groups excluding carboxylic acids is 1. The highest BCUT2D eigenvalue weighted by molar-refractivity contribution is 5.85. The number of nitrogens with zero attached hydrogens (tertiary/aromatic N) is 2. The van der Waals surface area contributed by atoms with Gasteiger partial charge in [-0.3, -0.25) is 20.3 Å². The summed E-state index contributed by atoms with van der Waals surface area (Å²) < 4.78 is 5.13. The Morgan fingerprint density at radius 2 is 1.88 bits per heavy atom. The SMILES string of the molecule is CC(=O)OCc1c(C)cc(C)c(/C=N/Nc2ccc([N+](=O)[O-])cc2)c1C. The van der Waals surface area contributed by atoms with Gasteiger partial charge in [0.2, 0.25) is 0 Å². The van der Waals surface area contributed by atoms with E-state index in [4.69, 9.17) is 4.74 Å². The highest BCUT2D eigenvalue weighted by atomic mass is 16.6. The minimum absolute atomic E-state index is 0.0277. The molecule has 0 aliphatic carbocycles. The van der Waals surface area contributed by atoms with Crippen molar-refractivity contribution in [2.24, 2.45) is 5.10 Å². The number of anilines is 1. The number of carbonyl (C=O) groups is 1.